The number of carbonyl (C=O) groups excluding carboxylic acids is 2. The second kappa shape index (κ2) is 7.28. The number of nitrogens with two attached hydrogens (primary N) is 1. The molecule has 0 aliphatic rings. The minimum Gasteiger partial charge on any atom is -0.398 e. The summed E-state index contributed by atoms with van der Waals surface area (Å²) in [7, 11) is 1.59. The Balaban J connectivity index is 2.67. The first kappa shape index (κ1) is 16.5. The summed E-state index contributed by atoms with van der Waals surface area (Å²) in [5.41, 5.74) is 6.69. The van der Waals surface area contributed by atoms with E-state index < -0.39 is 0 Å². The molecule has 1 aromatic carbocycles. The maximum Gasteiger partial charge on any atom is 0.255 e. The Hall–Kier alpha value is -1.56. The third-order valence-electron chi connectivity index (χ3n) is 2.69. The largest absolute Gasteiger partial charge is 0.398 e. The van der Waals surface area contributed by atoms with E-state index >= 15 is 0 Å². The molecule has 0 saturated carbocycles. The van der Waals surface area contributed by atoms with Gasteiger partial charge in [-0.15, -0.1) is 0 Å². The first-order chi connectivity index (χ1) is 9.32. The summed E-state index contributed by atoms with van der Waals surface area (Å²) in [6, 6.07) is 5.08. The highest BCUT2D eigenvalue weighted by atomic mass is 79.9. The molecule has 1 rings (SSSR count). The van der Waals surface area contributed by atoms with Crippen LogP contribution in [0.3, 0.4) is 0 Å². The Morgan fingerprint density at radius 2 is 2.05 bits per heavy atom. The second-order valence-corrected chi connectivity index (χ2v) is 5.86. The van der Waals surface area contributed by atoms with E-state index in [0.29, 0.717) is 28.2 Å². The van der Waals surface area contributed by atoms with E-state index in [0.717, 1.165) is 0 Å². The van der Waals surface area contributed by atoms with Crippen LogP contribution in [0.4, 0.5) is 5.69 Å². The average Bonchev–Trinajstić information content (AvgIpc) is 2.38. The van der Waals surface area contributed by atoms with Gasteiger partial charge in [-0.3, -0.25) is 9.59 Å². The number of likely N-dealkylation sites (N-methyl/N-ethyl adjacent to an activating group) is 1. The van der Waals surface area contributed by atoms with Crippen LogP contribution >= 0.6 is 15.9 Å². The maximum absolute atomic E-state index is 12.3. The van der Waals surface area contributed by atoms with E-state index in [2.05, 4.69) is 21.2 Å². The lowest BCUT2D eigenvalue weighted by Gasteiger charge is -2.18. The highest BCUT2D eigenvalue weighted by molar-refractivity contribution is 9.10. The summed E-state index contributed by atoms with van der Waals surface area (Å²) in [4.78, 5) is 25.3. The molecule has 0 aromatic heterocycles. The number of nitrogens with one attached hydrogen (secondary N) is 1. The lowest BCUT2D eigenvalue weighted by atomic mass is 10.2. The topological polar surface area (TPSA) is 75.4 Å². The molecule has 1 aromatic rings. The lowest BCUT2D eigenvalue weighted by molar-refractivity contribution is -0.121. The zero-order valence-electron chi connectivity index (χ0n) is 11.9. The van der Waals surface area contributed by atoms with Crippen LogP contribution in [-0.4, -0.2) is 36.9 Å². The summed E-state index contributed by atoms with van der Waals surface area (Å²) in [6.07, 6.45) is 0. The zero-order chi connectivity index (χ0) is 15.3. The third kappa shape index (κ3) is 4.52. The number of hydrogen-bond donors (Lipinski definition) is 2. The van der Waals surface area contributed by atoms with Crippen LogP contribution in [0.15, 0.2) is 22.7 Å². The number of hydrogen-bond acceptors (Lipinski definition) is 3. The fraction of sp³-hybridized carbons (Fsp3) is 0.429. The predicted octanol–water partition coefficient (Wildman–Crippen LogP) is 1.88. The second-order valence-electron chi connectivity index (χ2n) is 5.07. The van der Waals surface area contributed by atoms with Crippen molar-refractivity contribution in [2.24, 2.45) is 5.92 Å². The maximum atomic E-state index is 12.3. The molecule has 0 fully saturated rings. The number of rotatable bonds is 5. The molecule has 0 unspecified atom stereocenters. The fourth-order valence-corrected chi connectivity index (χ4v) is 2.02. The van der Waals surface area contributed by atoms with Gasteiger partial charge in [0.2, 0.25) is 5.91 Å². The smallest absolute Gasteiger partial charge is 0.255 e. The Bertz CT molecular complexity index is 503. The number of anilines is 1. The molecule has 5 nitrogen and oxygen atoms in total. The SMILES string of the molecule is CC(C)CNC(=O)CN(C)C(=O)c1cccc(N)c1Br. The summed E-state index contributed by atoms with van der Waals surface area (Å²) in [6.45, 7) is 4.65. The van der Waals surface area contributed by atoms with Crippen molar-refractivity contribution in [2.45, 2.75) is 13.8 Å². The molecule has 0 saturated heterocycles. The summed E-state index contributed by atoms with van der Waals surface area (Å²) < 4.78 is 0.555. The first-order valence-electron chi connectivity index (χ1n) is 6.39. The van der Waals surface area contributed by atoms with Crippen molar-refractivity contribution in [1.29, 1.82) is 0 Å². The summed E-state index contributed by atoms with van der Waals surface area (Å²) in [5.74, 6) is -0.0403. The van der Waals surface area contributed by atoms with Gasteiger partial charge < -0.3 is 16.0 Å². The van der Waals surface area contributed by atoms with Gasteiger partial charge >= 0.3 is 0 Å². The van der Waals surface area contributed by atoms with Gasteiger partial charge in [-0.2, -0.15) is 0 Å². The summed E-state index contributed by atoms with van der Waals surface area (Å²) in [5, 5.41) is 2.78. The van der Waals surface area contributed by atoms with Crippen LogP contribution in [0, 0.1) is 5.92 Å². The first-order valence-corrected chi connectivity index (χ1v) is 7.18. The van der Waals surface area contributed by atoms with E-state index in [1.807, 2.05) is 13.8 Å². The van der Waals surface area contributed by atoms with Crippen molar-refractivity contribution in [1.82, 2.24) is 10.2 Å². The van der Waals surface area contributed by atoms with Gasteiger partial charge in [-0.1, -0.05) is 19.9 Å². The zero-order valence-corrected chi connectivity index (χ0v) is 13.5. The third-order valence-corrected chi connectivity index (χ3v) is 3.58. The molecule has 0 aliphatic heterocycles. The Morgan fingerprint density at radius 1 is 1.40 bits per heavy atom. The van der Waals surface area contributed by atoms with Gasteiger partial charge in [0.1, 0.15) is 0 Å². The quantitative estimate of drug-likeness (QED) is 0.803. The van der Waals surface area contributed by atoms with Crippen LogP contribution in [0.1, 0.15) is 24.2 Å². The minimum atomic E-state index is -0.246. The van der Waals surface area contributed by atoms with Crippen LogP contribution < -0.4 is 11.1 Å². The van der Waals surface area contributed by atoms with Gasteiger partial charge in [0, 0.05) is 19.3 Å². The van der Waals surface area contributed by atoms with E-state index in [4.69, 9.17) is 5.73 Å². The molecule has 2 amide bonds. The van der Waals surface area contributed by atoms with Gasteiger partial charge in [-0.05, 0) is 34.0 Å². The highest BCUT2D eigenvalue weighted by Gasteiger charge is 2.18. The predicted molar refractivity (Wildman–Crippen MR) is 83.4 cm³/mol. The molecule has 6 heteroatoms. The normalized spacial score (nSPS) is 10.4. The van der Waals surface area contributed by atoms with E-state index in [-0.39, 0.29) is 18.4 Å². The minimum absolute atomic E-state index is 0.0206. The van der Waals surface area contributed by atoms with Crippen molar-refractivity contribution < 1.29 is 9.59 Å². The summed E-state index contributed by atoms with van der Waals surface area (Å²) >= 11 is 3.29. The Kier molecular flexibility index (Phi) is 6.01. The standard InChI is InChI=1S/C14H20BrN3O2/c1-9(2)7-17-12(19)8-18(3)14(20)10-5-4-6-11(16)13(10)15/h4-6,9H,7-8,16H2,1-3H3,(H,17,19). The molecule has 3 N–H and O–H groups in total. The number of nitrogens with zero attached hydrogens (tertiary/aromatic N) is 1. The van der Waals surface area contributed by atoms with Crippen molar-refractivity contribution in [3.05, 3.63) is 28.2 Å². The van der Waals surface area contributed by atoms with Crippen LogP contribution in [0.25, 0.3) is 0 Å². The molecule has 20 heavy (non-hydrogen) atoms. The molecule has 0 heterocycles. The van der Waals surface area contributed by atoms with Crippen molar-refractivity contribution in [3.63, 3.8) is 0 Å². The van der Waals surface area contributed by atoms with Crippen LogP contribution in [-0.2, 0) is 4.79 Å². The van der Waals surface area contributed by atoms with E-state index in [1.165, 1.54) is 4.90 Å². The van der Waals surface area contributed by atoms with Gasteiger partial charge in [0.05, 0.1) is 16.6 Å². The molecule has 0 radical (unpaired) electrons. The monoisotopic (exact) mass is 341 g/mol. The molecular weight excluding hydrogens is 322 g/mol. The van der Waals surface area contributed by atoms with Gasteiger partial charge in [0.25, 0.3) is 5.91 Å². The number of halogens is 1. The van der Waals surface area contributed by atoms with Crippen molar-refractivity contribution in [3.8, 4) is 0 Å². The highest BCUT2D eigenvalue weighted by Crippen LogP contribution is 2.24. The molecule has 0 aliphatic carbocycles. The number of carbonyl (C=O) groups is 2. The molecule has 0 atom stereocenters. The van der Waals surface area contributed by atoms with E-state index in [9.17, 15) is 9.59 Å². The number of benzene rings is 1. The number of amides is 2. The van der Waals surface area contributed by atoms with Gasteiger partial charge in [-0.25, -0.2) is 0 Å². The Labute approximate surface area is 127 Å². The number of nitrogen functional groups attached to an aromatic ring is 1. The molecule has 0 spiro atoms. The molecule has 110 valence electrons. The van der Waals surface area contributed by atoms with Crippen molar-refractivity contribution >= 4 is 33.4 Å². The molecular formula is C14H20BrN3O2. The molecule has 0 bridgehead atoms. The average molecular weight is 342 g/mol. The van der Waals surface area contributed by atoms with Crippen molar-refractivity contribution in [2.75, 3.05) is 25.9 Å². The van der Waals surface area contributed by atoms with Crippen LogP contribution in [0.5, 0.6) is 0 Å². The van der Waals surface area contributed by atoms with Crippen LogP contribution in [0.2, 0.25) is 0 Å². The van der Waals surface area contributed by atoms with E-state index in [1.54, 1.807) is 25.2 Å². The lowest BCUT2D eigenvalue weighted by Crippen LogP contribution is -2.39. The fourth-order valence-electron chi connectivity index (χ4n) is 1.58. The Morgan fingerprint density at radius 3 is 2.65 bits per heavy atom. The van der Waals surface area contributed by atoms with Gasteiger partial charge in [0.15, 0.2) is 0 Å².